The number of nitrogens with one attached hydrogen (secondary N) is 1. The maximum absolute atomic E-state index is 12.2. The maximum atomic E-state index is 12.2. The highest BCUT2D eigenvalue weighted by atomic mass is 32.2. The highest BCUT2D eigenvalue weighted by molar-refractivity contribution is 7.91. The molecule has 7 heteroatoms. The van der Waals surface area contributed by atoms with Crippen molar-refractivity contribution >= 4 is 27.3 Å². The van der Waals surface area contributed by atoms with Gasteiger partial charge in [-0.15, -0.1) is 0 Å². The molecule has 1 aliphatic rings. The molecule has 23 heavy (non-hydrogen) atoms. The van der Waals surface area contributed by atoms with E-state index in [0.717, 1.165) is 16.8 Å². The van der Waals surface area contributed by atoms with Gasteiger partial charge in [0.25, 0.3) is 0 Å². The molecule has 1 aromatic rings. The second-order valence-corrected chi connectivity index (χ2v) is 8.24. The van der Waals surface area contributed by atoms with Gasteiger partial charge in [0.05, 0.1) is 17.2 Å². The Balaban J connectivity index is 2.11. The fourth-order valence-electron chi connectivity index (χ4n) is 2.91. The molecule has 0 saturated carbocycles. The third-order valence-corrected chi connectivity index (χ3v) is 5.76. The average Bonchev–Trinajstić information content (AvgIpc) is 2.76. The van der Waals surface area contributed by atoms with Crippen molar-refractivity contribution in [3.63, 3.8) is 0 Å². The highest BCUT2D eigenvalue weighted by Crippen LogP contribution is 2.24. The summed E-state index contributed by atoms with van der Waals surface area (Å²) < 4.78 is 22.9. The van der Waals surface area contributed by atoms with Gasteiger partial charge in [0.1, 0.15) is 6.54 Å². The molecule has 6 nitrogen and oxygen atoms in total. The van der Waals surface area contributed by atoms with Crippen LogP contribution in [0.25, 0.3) is 0 Å². The SMILES string of the molecule is CC(=O)N(CC(=O)NC1CCS(=O)(=O)C1)c1c(C)cccc1C. The molecule has 2 amide bonds. The van der Waals surface area contributed by atoms with Crippen LogP contribution in [0.1, 0.15) is 24.5 Å². The van der Waals surface area contributed by atoms with E-state index < -0.39 is 9.84 Å². The second-order valence-electron chi connectivity index (χ2n) is 6.01. The zero-order valence-electron chi connectivity index (χ0n) is 13.6. The van der Waals surface area contributed by atoms with Gasteiger partial charge < -0.3 is 10.2 Å². The van der Waals surface area contributed by atoms with Crippen molar-refractivity contribution in [2.75, 3.05) is 23.0 Å². The van der Waals surface area contributed by atoms with E-state index in [-0.39, 0.29) is 35.9 Å². The Morgan fingerprint density at radius 1 is 1.26 bits per heavy atom. The third kappa shape index (κ3) is 4.31. The van der Waals surface area contributed by atoms with E-state index in [0.29, 0.717) is 6.42 Å². The molecule has 1 fully saturated rings. The summed E-state index contributed by atoms with van der Waals surface area (Å²) in [5.74, 6) is -0.491. The zero-order valence-corrected chi connectivity index (χ0v) is 14.4. The monoisotopic (exact) mass is 338 g/mol. The van der Waals surface area contributed by atoms with Crippen LogP contribution in [0, 0.1) is 13.8 Å². The van der Waals surface area contributed by atoms with Crippen molar-refractivity contribution in [2.24, 2.45) is 0 Å². The number of para-hydroxylation sites is 1. The minimum Gasteiger partial charge on any atom is -0.351 e. The van der Waals surface area contributed by atoms with Gasteiger partial charge in [-0.05, 0) is 31.4 Å². The van der Waals surface area contributed by atoms with Crippen molar-refractivity contribution in [3.05, 3.63) is 29.3 Å². The number of rotatable bonds is 4. The summed E-state index contributed by atoms with van der Waals surface area (Å²) in [5.41, 5.74) is 2.56. The van der Waals surface area contributed by atoms with Crippen LogP contribution < -0.4 is 10.2 Å². The molecule has 0 bridgehead atoms. The van der Waals surface area contributed by atoms with Crippen LogP contribution in [0.15, 0.2) is 18.2 Å². The fourth-order valence-corrected chi connectivity index (χ4v) is 4.58. The van der Waals surface area contributed by atoms with Crippen LogP contribution in [0.5, 0.6) is 0 Å². The molecule has 1 heterocycles. The number of benzene rings is 1. The van der Waals surface area contributed by atoms with Gasteiger partial charge in [0, 0.05) is 13.0 Å². The van der Waals surface area contributed by atoms with Crippen LogP contribution in [0.3, 0.4) is 0 Å². The first-order chi connectivity index (χ1) is 10.7. The Morgan fingerprint density at radius 2 is 1.87 bits per heavy atom. The van der Waals surface area contributed by atoms with Crippen molar-refractivity contribution in [1.29, 1.82) is 0 Å². The summed E-state index contributed by atoms with van der Waals surface area (Å²) in [6, 6.07) is 5.31. The number of anilines is 1. The van der Waals surface area contributed by atoms with Crippen LogP contribution in [-0.4, -0.2) is 44.3 Å². The van der Waals surface area contributed by atoms with Gasteiger partial charge in [-0.2, -0.15) is 0 Å². The molecule has 1 N–H and O–H groups in total. The molecule has 0 spiro atoms. The van der Waals surface area contributed by atoms with E-state index in [1.165, 1.54) is 11.8 Å². The van der Waals surface area contributed by atoms with E-state index >= 15 is 0 Å². The number of hydrogen-bond acceptors (Lipinski definition) is 4. The molecule has 0 radical (unpaired) electrons. The molecule has 2 rings (SSSR count). The van der Waals surface area contributed by atoms with Crippen molar-refractivity contribution in [1.82, 2.24) is 5.32 Å². The molecule has 1 aromatic carbocycles. The summed E-state index contributed by atoms with van der Waals surface area (Å²) in [4.78, 5) is 25.6. The van der Waals surface area contributed by atoms with E-state index in [9.17, 15) is 18.0 Å². The summed E-state index contributed by atoms with van der Waals surface area (Å²) >= 11 is 0. The van der Waals surface area contributed by atoms with E-state index in [2.05, 4.69) is 5.32 Å². The quantitative estimate of drug-likeness (QED) is 0.886. The smallest absolute Gasteiger partial charge is 0.240 e. The maximum Gasteiger partial charge on any atom is 0.240 e. The fraction of sp³-hybridized carbons (Fsp3) is 0.500. The molecule has 126 valence electrons. The molecular weight excluding hydrogens is 316 g/mol. The first-order valence-corrected chi connectivity index (χ1v) is 9.36. The van der Waals surface area contributed by atoms with Crippen LogP contribution >= 0.6 is 0 Å². The van der Waals surface area contributed by atoms with Gasteiger partial charge >= 0.3 is 0 Å². The van der Waals surface area contributed by atoms with Crippen molar-refractivity contribution in [3.8, 4) is 0 Å². The summed E-state index contributed by atoms with van der Waals surface area (Å²) in [7, 11) is -3.05. The number of sulfone groups is 1. The van der Waals surface area contributed by atoms with Gasteiger partial charge in [0.15, 0.2) is 9.84 Å². The average molecular weight is 338 g/mol. The minimum atomic E-state index is -3.05. The topological polar surface area (TPSA) is 83.6 Å². The number of nitrogens with zero attached hydrogens (tertiary/aromatic N) is 1. The third-order valence-electron chi connectivity index (χ3n) is 3.99. The molecular formula is C16H22N2O4S. The lowest BCUT2D eigenvalue weighted by molar-refractivity contribution is -0.123. The standard InChI is InChI=1S/C16H22N2O4S/c1-11-5-4-6-12(2)16(11)18(13(3)19)9-15(20)17-14-7-8-23(21,22)10-14/h4-6,14H,7-10H2,1-3H3,(H,17,20). The van der Waals surface area contributed by atoms with E-state index in [4.69, 9.17) is 0 Å². The first kappa shape index (κ1) is 17.5. The number of amides is 2. The van der Waals surface area contributed by atoms with Gasteiger partial charge in [0.2, 0.25) is 11.8 Å². The Hall–Kier alpha value is -1.89. The van der Waals surface area contributed by atoms with Crippen LogP contribution in [0.4, 0.5) is 5.69 Å². The van der Waals surface area contributed by atoms with E-state index in [1.54, 1.807) is 0 Å². The Labute approximate surface area is 136 Å². The molecule has 1 aliphatic heterocycles. The lowest BCUT2D eigenvalue weighted by atomic mass is 10.1. The molecule has 1 saturated heterocycles. The number of carbonyl (C=O) groups is 2. The van der Waals surface area contributed by atoms with Crippen LogP contribution in [-0.2, 0) is 19.4 Å². The zero-order chi connectivity index (χ0) is 17.2. The second kappa shape index (κ2) is 6.70. The molecule has 1 atom stereocenters. The minimum absolute atomic E-state index is 0.0256. The van der Waals surface area contributed by atoms with Gasteiger partial charge in [-0.25, -0.2) is 8.42 Å². The van der Waals surface area contributed by atoms with Gasteiger partial charge in [-0.1, -0.05) is 18.2 Å². The number of hydrogen-bond donors (Lipinski definition) is 1. The lowest BCUT2D eigenvalue weighted by Crippen LogP contribution is -2.44. The summed E-state index contributed by atoms with van der Waals surface area (Å²) in [5, 5.41) is 2.72. The molecule has 0 aromatic heterocycles. The largest absolute Gasteiger partial charge is 0.351 e. The summed E-state index contributed by atoms with van der Waals surface area (Å²) in [6.45, 7) is 5.08. The van der Waals surface area contributed by atoms with Crippen molar-refractivity contribution < 1.29 is 18.0 Å². The number of aryl methyl sites for hydroxylation is 2. The predicted octanol–water partition coefficient (Wildman–Crippen LogP) is 0.960. The molecule has 0 aliphatic carbocycles. The normalized spacial score (nSPS) is 19.3. The number of carbonyl (C=O) groups excluding carboxylic acids is 2. The van der Waals surface area contributed by atoms with E-state index in [1.807, 2.05) is 32.0 Å². The molecule has 1 unspecified atom stereocenters. The Kier molecular flexibility index (Phi) is 5.09. The van der Waals surface area contributed by atoms with Crippen LogP contribution in [0.2, 0.25) is 0 Å². The van der Waals surface area contributed by atoms with Gasteiger partial charge in [-0.3, -0.25) is 9.59 Å². The summed E-state index contributed by atoms with van der Waals surface area (Å²) in [6.07, 6.45) is 0.428. The Bertz CT molecular complexity index is 707. The first-order valence-electron chi connectivity index (χ1n) is 7.54. The Morgan fingerprint density at radius 3 is 2.35 bits per heavy atom. The highest BCUT2D eigenvalue weighted by Gasteiger charge is 2.29. The predicted molar refractivity (Wildman–Crippen MR) is 89.1 cm³/mol. The lowest BCUT2D eigenvalue weighted by Gasteiger charge is -2.25. The van der Waals surface area contributed by atoms with Crippen molar-refractivity contribution in [2.45, 2.75) is 33.2 Å².